The second kappa shape index (κ2) is 8.34. The Bertz CT molecular complexity index is 1390. The van der Waals surface area contributed by atoms with E-state index in [1.165, 1.54) is 17.4 Å². The predicted molar refractivity (Wildman–Crippen MR) is 128 cm³/mol. The van der Waals surface area contributed by atoms with E-state index in [1.807, 2.05) is 37.2 Å². The Balaban J connectivity index is 1.67. The zero-order chi connectivity index (χ0) is 22.2. The molecule has 158 valence electrons. The van der Waals surface area contributed by atoms with Crippen LogP contribution in [0.15, 0.2) is 77.7 Å². The van der Waals surface area contributed by atoms with E-state index in [9.17, 15) is 13.2 Å². The Kier molecular flexibility index (Phi) is 5.75. The second-order valence-corrected chi connectivity index (χ2v) is 10.3. The quantitative estimate of drug-likeness (QED) is 0.423. The molecule has 1 heterocycles. The maximum Gasteiger partial charge on any atom is 0.275 e. The van der Waals surface area contributed by atoms with Crippen LogP contribution in [0.1, 0.15) is 9.67 Å². The van der Waals surface area contributed by atoms with E-state index >= 15 is 0 Å². The molecule has 0 bridgehead atoms. The van der Waals surface area contributed by atoms with Gasteiger partial charge in [0.2, 0.25) is 0 Å². The van der Waals surface area contributed by atoms with E-state index in [-0.39, 0.29) is 4.90 Å². The van der Waals surface area contributed by atoms with Gasteiger partial charge in [-0.3, -0.25) is 4.79 Å². The van der Waals surface area contributed by atoms with Gasteiger partial charge in [-0.2, -0.15) is 0 Å². The largest absolute Gasteiger partial charge is 0.378 e. The van der Waals surface area contributed by atoms with Crippen LogP contribution >= 0.6 is 22.9 Å². The smallest absolute Gasteiger partial charge is 0.275 e. The molecule has 0 aliphatic heterocycles. The van der Waals surface area contributed by atoms with Gasteiger partial charge in [-0.1, -0.05) is 48.0 Å². The number of nitrogens with one attached hydrogen (secondary N) is 1. The van der Waals surface area contributed by atoms with Crippen molar-refractivity contribution >= 4 is 54.6 Å². The number of rotatable bonds is 5. The summed E-state index contributed by atoms with van der Waals surface area (Å²) in [5.74, 6) is -0.659. The summed E-state index contributed by atoms with van der Waals surface area (Å²) in [5, 5.41) is 1.38. The first-order chi connectivity index (χ1) is 14.7. The minimum atomic E-state index is -4.10. The van der Waals surface area contributed by atoms with Gasteiger partial charge >= 0.3 is 0 Å². The van der Waals surface area contributed by atoms with Gasteiger partial charge in [-0.05, 0) is 47.3 Å². The van der Waals surface area contributed by atoms with Gasteiger partial charge in [-0.25, -0.2) is 13.1 Å². The summed E-state index contributed by atoms with van der Waals surface area (Å²) in [6.07, 6.45) is 0. The van der Waals surface area contributed by atoms with Crippen LogP contribution in [0, 0.1) is 0 Å². The first-order valence-electron chi connectivity index (χ1n) is 9.38. The first-order valence-corrected chi connectivity index (χ1v) is 12.1. The number of nitrogens with zero attached hydrogens (tertiary/aromatic N) is 1. The highest BCUT2D eigenvalue weighted by molar-refractivity contribution is 7.90. The number of carbonyl (C=O) groups is 1. The highest BCUT2D eigenvalue weighted by atomic mass is 35.5. The molecule has 0 saturated carbocycles. The van der Waals surface area contributed by atoms with Crippen molar-refractivity contribution in [2.75, 3.05) is 19.0 Å². The summed E-state index contributed by atoms with van der Waals surface area (Å²) in [5.41, 5.74) is 2.13. The van der Waals surface area contributed by atoms with Crippen LogP contribution in [0.4, 0.5) is 5.69 Å². The summed E-state index contributed by atoms with van der Waals surface area (Å²) in [7, 11) is -0.229. The van der Waals surface area contributed by atoms with Crippen LogP contribution in [-0.2, 0) is 10.0 Å². The van der Waals surface area contributed by atoms with Crippen LogP contribution in [0.3, 0.4) is 0 Å². The fourth-order valence-corrected chi connectivity index (χ4v) is 5.68. The lowest BCUT2D eigenvalue weighted by Gasteiger charge is -2.11. The van der Waals surface area contributed by atoms with Crippen LogP contribution in [-0.4, -0.2) is 28.4 Å². The van der Waals surface area contributed by atoms with Gasteiger partial charge in [0.15, 0.2) is 0 Å². The molecule has 3 aromatic carbocycles. The third-order valence-corrected chi connectivity index (χ3v) is 7.50. The topological polar surface area (TPSA) is 66.5 Å². The molecule has 1 N–H and O–H groups in total. The molecule has 0 aliphatic rings. The highest BCUT2D eigenvalue weighted by Crippen LogP contribution is 2.31. The number of hydrogen-bond donors (Lipinski definition) is 1. The number of benzene rings is 3. The molecule has 0 aliphatic carbocycles. The predicted octanol–water partition coefficient (Wildman–Crippen LogP) is 5.41. The number of halogens is 1. The van der Waals surface area contributed by atoms with E-state index in [4.69, 9.17) is 11.6 Å². The number of anilines is 1. The van der Waals surface area contributed by atoms with Crippen LogP contribution < -0.4 is 9.62 Å². The van der Waals surface area contributed by atoms with Crippen molar-refractivity contribution in [1.29, 1.82) is 0 Å². The van der Waals surface area contributed by atoms with E-state index < -0.39 is 15.9 Å². The lowest BCUT2D eigenvalue weighted by Crippen LogP contribution is -2.30. The van der Waals surface area contributed by atoms with Crippen molar-refractivity contribution in [2.24, 2.45) is 0 Å². The Morgan fingerprint density at radius 1 is 0.968 bits per heavy atom. The number of hydrogen-bond acceptors (Lipinski definition) is 5. The van der Waals surface area contributed by atoms with Crippen LogP contribution in [0.5, 0.6) is 0 Å². The van der Waals surface area contributed by atoms with Gasteiger partial charge in [0.05, 0.1) is 9.77 Å². The Labute approximate surface area is 189 Å². The number of amides is 1. The fourth-order valence-electron chi connectivity index (χ4n) is 3.23. The molecule has 0 atom stereocenters. The number of thiophene rings is 1. The SMILES string of the molecule is CN(C)c1ccc2cc(C(=O)NS(=O)(=O)c3ccccc3-c3cccc(Cl)c3)sc2c1. The summed E-state index contributed by atoms with van der Waals surface area (Å²) in [4.78, 5) is 15.1. The van der Waals surface area contributed by atoms with Crippen molar-refractivity contribution < 1.29 is 13.2 Å². The molecular weight excluding hydrogens is 452 g/mol. The lowest BCUT2D eigenvalue weighted by atomic mass is 10.1. The Morgan fingerprint density at radius 3 is 2.48 bits per heavy atom. The zero-order valence-electron chi connectivity index (χ0n) is 16.8. The third-order valence-electron chi connectivity index (χ3n) is 4.78. The summed E-state index contributed by atoms with van der Waals surface area (Å²) >= 11 is 7.33. The van der Waals surface area contributed by atoms with Crippen LogP contribution in [0.2, 0.25) is 5.02 Å². The molecule has 0 saturated heterocycles. The molecule has 31 heavy (non-hydrogen) atoms. The maximum atomic E-state index is 13.1. The average Bonchev–Trinajstić information content (AvgIpc) is 3.17. The molecule has 1 aromatic heterocycles. The lowest BCUT2D eigenvalue weighted by molar-refractivity contribution is 0.0985. The van der Waals surface area contributed by atoms with Crippen LogP contribution in [0.25, 0.3) is 21.2 Å². The molecule has 4 rings (SSSR count). The van der Waals surface area contributed by atoms with Crippen molar-refractivity contribution in [1.82, 2.24) is 4.72 Å². The molecule has 0 fully saturated rings. The number of sulfonamides is 1. The first kappa shape index (κ1) is 21.4. The maximum absolute atomic E-state index is 13.1. The minimum Gasteiger partial charge on any atom is -0.378 e. The fraction of sp³-hybridized carbons (Fsp3) is 0.0870. The highest BCUT2D eigenvalue weighted by Gasteiger charge is 2.23. The molecule has 0 radical (unpaired) electrons. The normalized spacial score (nSPS) is 11.5. The van der Waals surface area contributed by atoms with Crippen molar-refractivity contribution in [2.45, 2.75) is 4.90 Å². The minimum absolute atomic E-state index is 0.0154. The average molecular weight is 471 g/mol. The second-order valence-electron chi connectivity index (χ2n) is 7.17. The summed E-state index contributed by atoms with van der Waals surface area (Å²) < 4.78 is 29.3. The van der Waals surface area contributed by atoms with Gasteiger partial charge < -0.3 is 4.90 Å². The molecule has 0 spiro atoms. The number of fused-ring (bicyclic) bond motifs is 1. The molecule has 4 aromatic rings. The standard InChI is InChI=1S/C23H19ClN2O3S2/c1-26(2)18-11-10-16-13-21(30-20(16)14-18)23(27)25-31(28,29)22-9-4-3-8-19(22)15-6-5-7-17(24)12-15/h3-14H,1-2H3,(H,25,27). The van der Waals surface area contributed by atoms with Gasteiger partial charge in [0.1, 0.15) is 0 Å². The Hall–Kier alpha value is -2.87. The summed E-state index contributed by atoms with van der Waals surface area (Å²) in [6.45, 7) is 0. The van der Waals surface area contributed by atoms with Gasteiger partial charge in [-0.15, -0.1) is 11.3 Å². The zero-order valence-corrected chi connectivity index (χ0v) is 19.2. The summed E-state index contributed by atoms with van der Waals surface area (Å²) in [6, 6.07) is 21.0. The molecular formula is C23H19ClN2O3S2. The van der Waals surface area contributed by atoms with E-state index in [0.29, 0.717) is 21.0 Å². The third kappa shape index (κ3) is 4.44. The monoisotopic (exact) mass is 470 g/mol. The van der Waals surface area contributed by atoms with Crippen molar-refractivity contribution in [3.8, 4) is 11.1 Å². The van der Waals surface area contributed by atoms with Gasteiger partial charge in [0.25, 0.3) is 15.9 Å². The van der Waals surface area contributed by atoms with Gasteiger partial charge in [0, 0.05) is 35.1 Å². The van der Waals surface area contributed by atoms with E-state index in [2.05, 4.69) is 4.72 Å². The van der Waals surface area contributed by atoms with Crippen molar-refractivity contribution in [3.05, 3.63) is 82.7 Å². The number of carbonyl (C=O) groups excluding carboxylic acids is 1. The molecule has 5 nitrogen and oxygen atoms in total. The molecule has 0 unspecified atom stereocenters. The van der Waals surface area contributed by atoms with Crippen molar-refractivity contribution in [3.63, 3.8) is 0 Å². The Morgan fingerprint density at radius 2 is 1.74 bits per heavy atom. The van der Waals surface area contributed by atoms with E-state index in [0.717, 1.165) is 15.8 Å². The molecule has 1 amide bonds. The molecule has 8 heteroatoms. The van der Waals surface area contributed by atoms with E-state index in [1.54, 1.807) is 48.5 Å².